The number of para-hydroxylation sites is 1. The first kappa shape index (κ1) is 8.26. The second-order valence-electron chi connectivity index (χ2n) is 2.09. The first-order valence-electron chi connectivity index (χ1n) is 3.35. The van der Waals surface area contributed by atoms with E-state index in [9.17, 15) is 4.79 Å². The van der Waals surface area contributed by atoms with Crippen molar-refractivity contribution in [2.45, 2.75) is 0 Å². The summed E-state index contributed by atoms with van der Waals surface area (Å²) in [6, 6.07) is 7.00. The molecule has 0 unspecified atom stereocenters. The van der Waals surface area contributed by atoms with Crippen LogP contribution in [0.4, 0.5) is 5.69 Å². The minimum Gasteiger partial charge on any atom is -0.411 e. The Morgan fingerprint density at radius 1 is 1.42 bits per heavy atom. The first-order chi connectivity index (χ1) is 5.88. The second kappa shape index (κ2) is 4.12. The van der Waals surface area contributed by atoms with E-state index >= 15 is 0 Å². The minimum absolute atomic E-state index is 0.573. The number of nitrogens with one attached hydrogen (secondary N) is 1. The third-order valence-corrected chi connectivity index (χ3v) is 1.37. The standard InChI is InChI=1S/C8H8N2O2/c11-6-9-8-4-2-1-3-7(8)5-10-12/h1-6,12H,(H,9,11)/b10-5+. The van der Waals surface area contributed by atoms with Gasteiger partial charge in [0.1, 0.15) is 0 Å². The molecule has 0 aliphatic rings. The SMILES string of the molecule is O=CNc1ccccc1/C=N/O. The summed E-state index contributed by atoms with van der Waals surface area (Å²) in [5, 5.41) is 13.6. The van der Waals surface area contributed by atoms with Crippen LogP contribution in [0.25, 0.3) is 0 Å². The molecule has 0 fully saturated rings. The number of oxime groups is 1. The van der Waals surface area contributed by atoms with Gasteiger partial charge in [-0.05, 0) is 6.07 Å². The number of rotatable bonds is 3. The van der Waals surface area contributed by atoms with E-state index in [1.54, 1.807) is 24.3 Å². The Morgan fingerprint density at radius 2 is 2.17 bits per heavy atom. The topological polar surface area (TPSA) is 61.7 Å². The summed E-state index contributed by atoms with van der Waals surface area (Å²) in [5.74, 6) is 0. The van der Waals surface area contributed by atoms with E-state index < -0.39 is 0 Å². The predicted octanol–water partition coefficient (Wildman–Crippen LogP) is 1.06. The molecule has 12 heavy (non-hydrogen) atoms. The molecule has 4 heteroatoms. The van der Waals surface area contributed by atoms with Crippen molar-refractivity contribution in [3.63, 3.8) is 0 Å². The number of hydrogen-bond donors (Lipinski definition) is 2. The van der Waals surface area contributed by atoms with E-state index in [2.05, 4.69) is 10.5 Å². The van der Waals surface area contributed by atoms with Gasteiger partial charge in [0.15, 0.2) is 0 Å². The van der Waals surface area contributed by atoms with Crippen molar-refractivity contribution in [1.29, 1.82) is 0 Å². The van der Waals surface area contributed by atoms with Gasteiger partial charge in [0.25, 0.3) is 0 Å². The lowest BCUT2D eigenvalue weighted by atomic mass is 10.2. The fraction of sp³-hybridized carbons (Fsp3) is 0. The molecule has 4 nitrogen and oxygen atoms in total. The Hall–Kier alpha value is -1.84. The molecule has 2 N–H and O–H groups in total. The van der Waals surface area contributed by atoms with Gasteiger partial charge in [0.05, 0.1) is 6.21 Å². The summed E-state index contributed by atoms with van der Waals surface area (Å²) in [4.78, 5) is 10.1. The molecule has 0 aromatic heterocycles. The maximum atomic E-state index is 10.1. The van der Waals surface area contributed by atoms with Gasteiger partial charge in [-0.25, -0.2) is 0 Å². The van der Waals surface area contributed by atoms with Crippen molar-refractivity contribution in [1.82, 2.24) is 0 Å². The number of carbonyl (C=O) groups is 1. The molecule has 1 aromatic carbocycles. The van der Waals surface area contributed by atoms with Crippen LogP contribution in [0.1, 0.15) is 5.56 Å². The Kier molecular flexibility index (Phi) is 2.84. The molecule has 0 saturated carbocycles. The van der Waals surface area contributed by atoms with Gasteiger partial charge in [0, 0.05) is 11.3 Å². The largest absolute Gasteiger partial charge is 0.411 e. The van der Waals surface area contributed by atoms with E-state index in [-0.39, 0.29) is 0 Å². The molecular formula is C8H8N2O2. The Bertz CT molecular complexity index is 297. The van der Waals surface area contributed by atoms with Gasteiger partial charge in [-0.2, -0.15) is 0 Å². The quantitative estimate of drug-likeness (QED) is 0.304. The summed E-state index contributed by atoms with van der Waals surface area (Å²) in [6.45, 7) is 0. The number of amides is 1. The van der Waals surface area contributed by atoms with E-state index in [0.29, 0.717) is 17.7 Å². The van der Waals surface area contributed by atoms with Crippen molar-refractivity contribution in [3.8, 4) is 0 Å². The summed E-state index contributed by atoms with van der Waals surface area (Å²) in [7, 11) is 0. The maximum Gasteiger partial charge on any atom is 0.211 e. The van der Waals surface area contributed by atoms with Crippen LogP contribution in [0.15, 0.2) is 29.4 Å². The summed E-state index contributed by atoms with van der Waals surface area (Å²) in [5.41, 5.74) is 1.28. The molecule has 0 saturated heterocycles. The lowest BCUT2D eigenvalue weighted by Crippen LogP contribution is -1.97. The average molecular weight is 164 g/mol. The van der Waals surface area contributed by atoms with E-state index in [1.807, 2.05) is 0 Å². The molecule has 0 spiro atoms. The molecule has 0 heterocycles. The second-order valence-corrected chi connectivity index (χ2v) is 2.09. The monoisotopic (exact) mass is 164 g/mol. The van der Waals surface area contributed by atoms with Crippen LogP contribution in [0.5, 0.6) is 0 Å². The van der Waals surface area contributed by atoms with Gasteiger partial charge in [0.2, 0.25) is 6.41 Å². The van der Waals surface area contributed by atoms with Crippen LogP contribution in [0.2, 0.25) is 0 Å². The highest BCUT2D eigenvalue weighted by Gasteiger charge is 1.95. The van der Waals surface area contributed by atoms with Crippen molar-refractivity contribution in [2.24, 2.45) is 5.16 Å². The number of carbonyl (C=O) groups excluding carboxylic acids is 1. The highest BCUT2D eigenvalue weighted by molar-refractivity contribution is 5.90. The molecule has 0 radical (unpaired) electrons. The highest BCUT2D eigenvalue weighted by atomic mass is 16.4. The van der Waals surface area contributed by atoms with Crippen molar-refractivity contribution in [2.75, 3.05) is 5.32 Å². The molecule has 0 aliphatic heterocycles. The fourth-order valence-electron chi connectivity index (χ4n) is 0.867. The molecular weight excluding hydrogens is 156 g/mol. The Labute approximate surface area is 69.5 Å². The van der Waals surface area contributed by atoms with Gasteiger partial charge >= 0.3 is 0 Å². The highest BCUT2D eigenvalue weighted by Crippen LogP contribution is 2.10. The molecule has 1 rings (SSSR count). The fourth-order valence-corrected chi connectivity index (χ4v) is 0.867. The van der Waals surface area contributed by atoms with Gasteiger partial charge in [-0.3, -0.25) is 4.79 Å². The zero-order valence-electron chi connectivity index (χ0n) is 6.27. The number of nitrogens with zero attached hydrogens (tertiary/aromatic N) is 1. The zero-order valence-corrected chi connectivity index (χ0v) is 6.27. The molecule has 0 atom stereocenters. The predicted molar refractivity (Wildman–Crippen MR) is 45.5 cm³/mol. The van der Waals surface area contributed by atoms with E-state index in [0.717, 1.165) is 0 Å². The van der Waals surface area contributed by atoms with Crippen LogP contribution < -0.4 is 5.32 Å². The van der Waals surface area contributed by atoms with Gasteiger partial charge < -0.3 is 10.5 Å². The molecule has 1 aromatic rings. The van der Waals surface area contributed by atoms with Crippen LogP contribution in [0.3, 0.4) is 0 Å². The van der Waals surface area contributed by atoms with Crippen LogP contribution >= 0.6 is 0 Å². The molecule has 0 aliphatic carbocycles. The van der Waals surface area contributed by atoms with Gasteiger partial charge in [-0.15, -0.1) is 0 Å². The third kappa shape index (κ3) is 1.82. The maximum absolute atomic E-state index is 10.1. The van der Waals surface area contributed by atoms with Crippen molar-refractivity contribution >= 4 is 18.3 Å². The lowest BCUT2D eigenvalue weighted by molar-refractivity contribution is -0.105. The zero-order chi connectivity index (χ0) is 8.81. The molecule has 62 valence electrons. The van der Waals surface area contributed by atoms with E-state index in [1.165, 1.54) is 6.21 Å². The van der Waals surface area contributed by atoms with Crippen molar-refractivity contribution < 1.29 is 10.0 Å². The molecule has 0 bridgehead atoms. The number of hydrogen-bond acceptors (Lipinski definition) is 3. The van der Waals surface area contributed by atoms with E-state index in [4.69, 9.17) is 5.21 Å². The normalized spacial score (nSPS) is 10.0. The summed E-state index contributed by atoms with van der Waals surface area (Å²) in [6.07, 6.45) is 1.83. The summed E-state index contributed by atoms with van der Waals surface area (Å²) < 4.78 is 0. The lowest BCUT2D eigenvalue weighted by Gasteiger charge is -2.00. The number of benzene rings is 1. The van der Waals surface area contributed by atoms with Crippen molar-refractivity contribution in [3.05, 3.63) is 29.8 Å². The van der Waals surface area contributed by atoms with Crippen LogP contribution in [-0.4, -0.2) is 17.8 Å². The molecule has 1 amide bonds. The smallest absolute Gasteiger partial charge is 0.211 e. The number of anilines is 1. The average Bonchev–Trinajstić information content (AvgIpc) is 2.09. The third-order valence-electron chi connectivity index (χ3n) is 1.37. The minimum atomic E-state index is 0.573. The Morgan fingerprint density at radius 3 is 2.83 bits per heavy atom. The first-order valence-corrected chi connectivity index (χ1v) is 3.35. The Balaban J connectivity index is 2.99. The summed E-state index contributed by atoms with van der Waals surface area (Å²) >= 11 is 0. The van der Waals surface area contributed by atoms with Gasteiger partial charge in [-0.1, -0.05) is 23.4 Å². The van der Waals surface area contributed by atoms with Crippen LogP contribution in [0, 0.1) is 0 Å². The van der Waals surface area contributed by atoms with Crippen LogP contribution in [-0.2, 0) is 4.79 Å².